The zero-order valence-corrected chi connectivity index (χ0v) is 14.0. The van der Waals surface area contributed by atoms with Crippen LogP contribution in [0.2, 0.25) is 0 Å². The molecule has 112 valence electrons. The van der Waals surface area contributed by atoms with E-state index in [0.29, 0.717) is 11.5 Å². The van der Waals surface area contributed by atoms with Crippen molar-refractivity contribution >= 4 is 27.2 Å². The van der Waals surface area contributed by atoms with Crippen molar-refractivity contribution in [1.29, 1.82) is 0 Å². The van der Waals surface area contributed by atoms with Gasteiger partial charge in [-0.1, -0.05) is 49.9 Å². The minimum atomic E-state index is -0.243. The van der Waals surface area contributed by atoms with Gasteiger partial charge < -0.3 is 5.32 Å². The Morgan fingerprint density at radius 2 is 1.86 bits per heavy atom. The lowest BCUT2D eigenvalue weighted by atomic mass is 9.86. The van der Waals surface area contributed by atoms with Gasteiger partial charge in [0.15, 0.2) is 0 Å². The van der Waals surface area contributed by atoms with E-state index >= 15 is 0 Å². The number of benzene rings is 2. The number of hydrogen-bond acceptors (Lipinski definition) is 1. The normalized spacial score (nSPS) is 18.3. The molecular weight excluding hydrogens is 341 g/mol. The molecule has 2 aromatic rings. The van der Waals surface area contributed by atoms with E-state index in [-0.39, 0.29) is 5.82 Å². The highest BCUT2D eigenvalue weighted by molar-refractivity contribution is 9.10. The quantitative estimate of drug-likeness (QED) is 0.737. The summed E-state index contributed by atoms with van der Waals surface area (Å²) in [4.78, 5) is 0. The van der Waals surface area contributed by atoms with Gasteiger partial charge in [0.25, 0.3) is 0 Å². The average molecular weight is 358 g/mol. The van der Waals surface area contributed by atoms with Gasteiger partial charge in [0, 0.05) is 15.7 Å². The maximum absolute atomic E-state index is 14.4. The van der Waals surface area contributed by atoms with Crippen LogP contribution in [-0.2, 0) is 0 Å². The van der Waals surface area contributed by atoms with Crippen LogP contribution in [0.3, 0.4) is 0 Å². The van der Waals surface area contributed by atoms with Gasteiger partial charge in [-0.2, -0.15) is 0 Å². The molecule has 1 nitrogen and oxygen atoms in total. The maximum atomic E-state index is 14.4. The Morgan fingerprint density at radius 3 is 2.55 bits per heavy atom. The van der Waals surface area contributed by atoms with Crippen molar-refractivity contribution in [2.24, 2.45) is 5.92 Å². The highest BCUT2D eigenvalue weighted by atomic mass is 79.9. The standard InChI is InChI=1S/C19H17BrFN/c1-12-11-15(14-7-4-3-5-8-14)19(22-13(12)2)18-16(20)9-6-10-17(18)21/h3-10,12,22H,2,11H2,1H3. The van der Waals surface area contributed by atoms with Gasteiger partial charge in [-0.25, -0.2) is 4.39 Å². The van der Waals surface area contributed by atoms with Gasteiger partial charge in [0.2, 0.25) is 0 Å². The van der Waals surface area contributed by atoms with Gasteiger partial charge in [-0.3, -0.25) is 0 Å². The molecule has 0 amide bonds. The molecule has 1 aliphatic rings. The van der Waals surface area contributed by atoms with Crippen molar-refractivity contribution in [3.05, 3.63) is 82.2 Å². The average Bonchev–Trinajstić information content (AvgIpc) is 2.51. The molecule has 0 aromatic heterocycles. The molecule has 0 saturated carbocycles. The SMILES string of the molecule is C=C1NC(c2c(F)cccc2Br)=C(c2ccccc2)CC1C. The van der Waals surface area contributed by atoms with Crippen molar-refractivity contribution in [3.8, 4) is 0 Å². The summed E-state index contributed by atoms with van der Waals surface area (Å²) >= 11 is 3.47. The molecule has 1 heterocycles. The summed E-state index contributed by atoms with van der Waals surface area (Å²) in [5.74, 6) is 0.0668. The van der Waals surface area contributed by atoms with Crippen molar-refractivity contribution in [3.63, 3.8) is 0 Å². The van der Waals surface area contributed by atoms with Gasteiger partial charge in [0.05, 0.1) is 5.70 Å². The van der Waals surface area contributed by atoms with E-state index in [9.17, 15) is 4.39 Å². The third kappa shape index (κ3) is 2.73. The first-order valence-electron chi connectivity index (χ1n) is 7.26. The van der Waals surface area contributed by atoms with Crippen molar-refractivity contribution in [2.75, 3.05) is 0 Å². The molecule has 3 rings (SSSR count). The first-order chi connectivity index (χ1) is 10.6. The molecule has 0 bridgehead atoms. The first kappa shape index (κ1) is 15.0. The van der Waals surface area contributed by atoms with E-state index in [1.165, 1.54) is 6.07 Å². The predicted octanol–water partition coefficient (Wildman–Crippen LogP) is 5.60. The van der Waals surface area contributed by atoms with Crippen LogP contribution >= 0.6 is 15.9 Å². The second-order valence-electron chi connectivity index (χ2n) is 5.57. The third-order valence-corrected chi connectivity index (χ3v) is 4.69. The topological polar surface area (TPSA) is 12.0 Å². The zero-order valence-electron chi connectivity index (χ0n) is 12.4. The van der Waals surface area contributed by atoms with E-state index in [4.69, 9.17) is 0 Å². The Labute approximate surface area is 138 Å². The maximum Gasteiger partial charge on any atom is 0.133 e. The highest BCUT2D eigenvalue weighted by Gasteiger charge is 2.25. The Kier molecular flexibility index (Phi) is 4.16. The van der Waals surface area contributed by atoms with Crippen LogP contribution in [0.4, 0.5) is 4.39 Å². The Hall–Kier alpha value is -1.87. The van der Waals surface area contributed by atoms with E-state index in [2.05, 4.69) is 46.9 Å². The fourth-order valence-electron chi connectivity index (χ4n) is 2.74. The summed E-state index contributed by atoms with van der Waals surface area (Å²) < 4.78 is 15.2. The molecular formula is C19H17BrFN. The molecule has 2 aromatic carbocycles. The van der Waals surface area contributed by atoms with Gasteiger partial charge >= 0.3 is 0 Å². The van der Waals surface area contributed by atoms with Crippen LogP contribution in [0.15, 0.2) is 65.3 Å². The van der Waals surface area contributed by atoms with Gasteiger partial charge in [0.1, 0.15) is 5.82 Å². The minimum Gasteiger partial charge on any atom is -0.358 e. The van der Waals surface area contributed by atoms with E-state index in [1.807, 2.05) is 24.3 Å². The first-order valence-corrected chi connectivity index (χ1v) is 8.06. The monoisotopic (exact) mass is 357 g/mol. The Morgan fingerprint density at radius 1 is 1.14 bits per heavy atom. The number of nitrogens with one attached hydrogen (secondary N) is 1. The molecule has 1 N–H and O–H groups in total. The van der Waals surface area contributed by atoms with Gasteiger partial charge in [-0.05, 0) is 51.5 Å². The fraction of sp³-hybridized carbons (Fsp3) is 0.158. The number of halogens is 2. The summed E-state index contributed by atoms with van der Waals surface area (Å²) in [6, 6.07) is 15.2. The lowest BCUT2D eigenvalue weighted by Gasteiger charge is -2.30. The summed E-state index contributed by atoms with van der Waals surface area (Å²) in [6.07, 6.45) is 0.839. The fourth-order valence-corrected chi connectivity index (χ4v) is 3.28. The van der Waals surface area contributed by atoms with E-state index < -0.39 is 0 Å². The molecule has 1 atom stereocenters. The smallest absolute Gasteiger partial charge is 0.133 e. The van der Waals surface area contributed by atoms with Crippen LogP contribution in [0.25, 0.3) is 11.3 Å². The van der Waals surface area contributed by atoms with Crippen LogP contribution in [0.5, 0.6) is 0 Å². The Bertz CT molecular complexity index is 729. The van der Waals surface area contributed by atoms with Crippen molar-refractivity contribution < 1.29 is 4.39 Å². The lowest BCUT2D eigenvalue weighted by Crippen LogP contribution is -2.24. The number of allylic oxidation sites excluding steroid dienone is 2. The minimum absolute atomic E-state index is 0.243. The van der Waals surface area contributed by atoms with Crippen molar-refractivity contribution in [2.45, 2.75) is 13.3 Å². The molecule has 0 fully saturated rings. The molecule has 1 unspecified atom stereocenters. The zero-order chi connectivity index (χ0) is 15.7. The van der Waals surface area contributed by atoms with Crippen molar-refractivity contribution in [1.82, 2.24) is 5.32 Å². The summed E-state index contributed by atoms with van der Waals surface area (Å²) in [5.41, 5.74) is 4.52. The molecule has 0 radical (unpaired) electrons. The molecule has 3 heteroatoms. The van der Waals surface area contributed by atoms with E-state index in [0.717, 1.165) is 33.4 Å². The second kappa shape index (κ2) is 6.09. The largest absolute Gasteiger partial charge is 0.358 e. The third-order valence-electron chi connectivity index (χ3n) is 4.03. The van der Waals surface area contributed by atoms with Crippen LogP contribution in [-0.4, -0.2) is 0 Å². The number of rotatable bonds is 2. The van der Waals surface area contributed by atoms with Crippen LogP contribution in [0, 0.1) is 11.7 Å². The summed E-state index contributed by atoms with van der Waals surface area (Å²) in [6.45, 7) is 6.21. The molecule has 22 heavy (non-hydrogen) atoms. The summed E-state index contributed by atoms with van der Waals surface area (Å²) in [7, 11) is 0. The Balaban J connectivity index is 2.24. The molecule has 0 aliphatic carbocycles. The predicted molar refractivity (Wildman–Crippen MR) is 93.4 cm³/mol. The van der Waals surface area contributed by atoms with Crippen LogP contribution < -0.4 is 5.32 Å². The lowest BCUT2D eigenvalue weighted by molar-refractivity contribution is 0.614. The molecule has 0 spiro atoms. The molecule has 0 saturated heterocycles. The van der Waals surface area contributed by atoms with Crippen LogP contribution in [0.1, 0.15) is 24.5 Å². The van der Waals surface area contributed by atoms with Gasteiger partial charge in [-0.15, -0.1) is 0 Å². The number of hydrogen-bond donors (Lipinski definition) is 1. The second-order valence-corrected chi connectivity index (χ2v) is 6.43. The highest BCUT2D eigenvalue weighted by Crippen LogP contribution is 2.39. The van der Waals surface area contributed by atoms with E-state index in [1.54, 1.807) is 6.07 Å². The summed E-state index contributed by atoms with van der Waals surface area (Å²) in [5, 5.41) is 3.33. The molecule has 1 aliphatic heterocycles.